The van der Waals surface area contributed by atoms with Gasteiger partial charge >= 0.3 is 0 Å². The second kappa shape index (κ2) is 7.30. The average molecular weight is 331 g/mol. The van der Waals surface area contributed by atoms with Crippen LogP contribution in [0.4, 0.5) is 0 Å². The minimum atomic E-state index is 0.248. The van der Waals surface area contributed by atoms with Gasteiger partial charge in [-0.2, -0.15) is 0 Å². The molecule has 4 nitrogen and oxygen atoms in total. The highest BCUT2D eigenvalue weighted by atomic mass is 32.1. The van der Waals surface area contributed by atoms with Gasteiger partial charge in [0.05, 0.1) is 11.0 Å². The number of thiazole rings is 1. The van der Waals surface area contributed by atoms with E-state index in [0.29, 0.717) is 12.3 Å². The van der Waals surface area contributed by atoms with Crippen molar-refractivity contribution in [3.63, 3.8) is 0 Å². The Kier molecular flexibility index (Phi) is 5.16. The third-order valence-electron chi connectivity index (χ3n) is 4.60. The fourth-order valence-corrected chi connectivity index (χ4v) is 4.23. The molecule has 1 amide bonds. The topological polar surface area (TPSA) is 38.1 Å². The second-order valence-corrected chi connectivity index (χ2v) is 7.32. The van der Waals surface area contributed by atoms with E-state index in [2.05, 4.69) is 45.2 Å². The Hall–Kier alpha value is -1.62. The molecule has 23 heavy (non-hydrogen) atoms. The number of hydrogen-bond acceptors (Lipinski definition) is 3. The largest absolute Gasteiger partial charge is 0.353 e. The number of aryl methyl sites for hydroxylation is 3. The third-order valence-corrected chi connectivity index (χ3v) is 5.62. The minimum Gasteiger partial charge on any atom is -0.353 e. The van der Waals surface area contributed by atoms with Gasteiger partial charge in [0.15, 0.2) is 0 Å². The Balaban J connectivity index is 1.59. The highest BCUT2D eigenvalue weighted by Crippen LogP contribution is 2.31. The van der Waals surface area contributed by atoms with Crippen LogP contribution in [0, 0.1) is 6.92 Å². The highest BCUT2D eigenvalue weighted by molar-refractivity contribution is 7.09. The molecule has 0 radical (unpaired) electrons. The average Bonchev–Trinajstić information content (AvgIpc) is 3.15. The van der Waals surface area contributed by atoms with Crippen LogP contribution in [0.3, 0.4) is 0 Å². The lowest BCUT2D eigenvalue weighted by Gasteiger charge is -2.36. The number of carbonyl (C=O) groups excluding carboxylic acids is 1. The Morgan fingerprint density at radius 2 is 2.30 bits per heavy atom. The van der Waals surface area contributed by atoms with Crippen LogP contribution >= 0.6 is 11.3 Å². The minimum absolute atomic E-state index is 0.248. The molecule has 3 rings (SSSR count). The van der Waals surface area contributed by atoms with Crippen LogP contribution < -0.4 is 0 Å². The first-order chi connectivity index (χ1) is 11.1. The SMILES string of the molecule is Cc1csc(CCCC(=O)N2CCCCC2c2cccn2C)n1. The number of rotatable bonds is 5. The Labute approximate surface area is 142 Å². The highest BCUT2D eigenvalue weighted by Gasteiger charge is 2.28. The van der Waals surface area contributed by atoms with Crippen molar-refractivity contribution in [2.24, 2.45) is 7.05 Å². The molecule has 1 aliphatic heterocycles. The maximum absolute atomic E-state index is 12.7. The maximum Gasteiger partial charge on any atom is 0.223 e. The van der Waals surface area contributed by atoms with Gasteiger partial charge < -0.3 is 9.47 Å². The molecule has 124 valence electrons. The van der Waals surface area contributed by atoms with Crippen molar-refractivity contribution in [2.45, 2.75) is 51.5 Å². The van der Waals surface area contributed by atoms with E-state index < -0.39 is 0 Å². The maximum atomic E-state index is 12.7. The van der Waals surface area contributed by atoms with Gasteiger partial charge in [-0.05, 0) is 51.2 Å². The van der Waals surface area contributed by atoms with Crippen molar-refractivity contribution in [2.75, 3.05) is 6.54 Å². The molecule has 5 heteroatoms. The monoisotopic (exact) mass is 331 g/mol. The lowest BCUT2D eigenvalue weighted by molar-refractivity contribution is -0.135. The molecule has 0 spiro atoms. The summed E-state index contributed by atoms with van der Waals surface area (Å²) >= 11 is 1.70. The lowest BCUT2D eigenvalue weighted by Crippen LogP contribution is -2.39. The van der Waals surface area contributed by atoms with E-state index in [9.17, 15) is 4.79 Å². The molecule has 0 aliphatic carbocycles. The summed E-state index contributed by atoms with van der Waals surface area (Å²) in [5.74, 6) is 0.296. The molecule has 3 heterocycles. The fraction of sp³-hybridized carbons (Fsp3) is 0.556. The number of carbonyl (C=O) groups is 1. The predicted octanol–water partition coefficient (Wildman–Crippen LogP) is 3.87. The van der Waals surface area contributed by atoms with E-state index >= 15 is 0 Å². The predicted molar refractivity (Wildman–Crippen MR) is 93.5 cm³/mol. The molecule has 2 aromatic heterocycles. The molecule has 1 unspecified atom stereocenters. The van der Waals surface area contributed by atoms with E-state index in [1.807, 2.05) is 6.92 Å². The molecule has 1 fully saturated rings. The van der Waals surface area contributed by atoms with Gasteiger partial charge in [-0.25, -0.2) is 4.98 Å². The number of piperidine rings is 1. The van der Waals surface area contributed by atoms with Crippen LogP contribution in [0.25, 0.3) is 0 Å². The van der Waals surface area contributed by atoms with Gasteiger partial charge in [0.25, 0.3) is 0 Å². The Bertz CT molecular complexity index is 661. The number of nitrogens with zero attached hydrogens (tertiary/aromatic N) is 3. The van der Waals surface area contributed by atoms with Crippen molar-refractivity contribution in [1.29, 1.82) is 0 Å². The van der Waals surface area contributed by atoms with Crippen LogP contribution in [-0.2, 0) is 18.3 Å². The van der Waals surface area contributed by atoms with Gasteiger partial charge in [-0.3, -0.25) is 4.79 Å². The number of hydrogen-bond donors (Lipinski definition) is 0. The summed E-state index contributed by atoms with van der Waals surface area (Å²) in [6.45, 7) is 2.91. The summed E-state index contributed by atoms with van der Waals surface area (Å²) in [6, 6.07) is 4.46. The summed E-state index contributed by atoms with van der Waals surface area (Å²) in [4.78, 5) is 19.3. The molecule has 0 N–H and O–H groups in total. The first-order valence-electron chi connectivity index (χ1n) is 8.47. The van der Waals surface area contributed by atoms with Crippen molar-refractivity contribution in [3.05, 3.63) is 40.1 Å². The number of aromatic nitrogens is 2. The van der Waals surface area contributed by atoms with Crippen LogP contribution in [0.2, 0.25) is 0 Å². The zero-order valence-corrected chi connectivity index (χ0v) is 14.8. The van der Waals surface area contributed by atoms with Gasteiger partial charge in [-0.1, -0.05) is 0 Å². The van der Waals surface area contributed by atoms with Crippen LogP contribution in [0.15, 0.2) is 23.7 Å². The van der Waals surface area contributed by atoms with Crippen molar-refractivity contribution in [3.8, 4) is 0 Å². The molecular weight excluding hydrogens is 306 g/mol. The van der Waals surface area contributed by atoms with E-state index in [1.165, 1.54) is 12.1 Å². The van der Waals surface area contributed by atoms with Gasteiger partial charge in [0.1, 0.15) is 0 Å². The lowest BCUT2D eigenvalue weighted by atomic mass is 9.98. The summed E-state index contributed by atoms with van der Waals surface area (Å²) in [5, 5.41) is 3.22. The number of amides is 1. The normalized spacial score (nSPS) is 18.3. The fourth-order valence-electron chi connectivity index (χ4n) is 3.41. The van der Waals surface area contributed by atoms with E-state index in [1.54, 1.807) is 11.3 Å². The Morgan fingerprint density at radius 1 is 1.43 bits per heavy atom. The third kappa shape index (κ3) is 3.83. The molecule has 0 saturated carbocycles. The quantitative estimate of drug-likeness (QED) is 0.834. The van der Waals surface area contributed by atoms with Crippen LogP contribution in [-0.4, -0.2) is 26.9 Å². The molecule has 0 bridgehead atoms. The first-order valence-corrected chi connectivity index (χ1v) is 9.35. The van der Waals surface area contributed by atoms with Crippen LogP contribution in [0.1, 0.15) is 54.5 Å². The first kappa shape index (κ1) is 16.2. The van der Waals surface area contributed by atoms with Crippen LogP contribution in [0.5, 0.6) is 0 Å². The summed E-state index contributed by atoms with van der Waals surface area (Å²) in [7, 11) is 2.07. The summed E-state index contributed by atoms with van der Waals surface area (Å²) < 4.78 is 2.15. The van der Waals surface area contributed by atoms with E-state index in [-0.39, 0.29) is 6.04 Å². The van der Waals surface area contributed by atoms with Gasteiger partial charge in [0.2, 0.25) is 5.91 Å². The van der Waals surface area contributed by atoms with Crippen molar-refractivity contribution < 1.29 is 4.79 Å². The van der Waals surface area contributed by atoms with Crippen molar-refractivity contribution in [1.82, 2.24) is 14.5 Å². The smallest absolute Gasteiger partial charge is 0.223 e. The van der Waals surface area contributed by atoms with Crippen molar-refractivity contribution >= 4 is 17.2 Å². The summed E-state index contributed by atoms with van der Waals surface area (Å²) in [6.07, 6.45) is 7.90. The summed E-state index contributed by atoms with van der Waals surface area (Å²) in [5.41, 5.74) is 2.34. The van der Waals surface area contributed by atoms with Gasteiger partial charge in [0, 0.05) is 43.0 Å². The molecule has 1 atom stereocenters. The Morgan fingerprint density at radius 3 is 3.00 bits per heavy atom. The standard InChI is InChI=1S/C18H25N3OS/c1-14-13-23-17(19-14)9-5-10-18(22)21-12-4-3-7-16(21)15-8-6-11-20(15)2/h6,8,11,13,16H,3-5,7,9-10,12H2,1-2H3. The van der Waals surface area contributed by atoms with Gasteiger partial charge in [-0.15, -0.1) is 11.3 Å². The zero-order chi connectivity index (χ0) is 16.2. The van der Waals surface area contributed by atoms with E-state index in [4.69, 9.17) is 0 Å². The molecular formula is C18H25N3OS. The molecule has 2 aromatic rings. The number of likely N-dealkylation sites (tertiary alicyclic amines) is 1. The molecule has 1 aliphatic rings. The van der Waals surface area contributed by atoms with E-state index in [0.717, 1.165) is 42.9 Å². The second-order valence-electron chi connectivity index (χ2n) is 6.38. The molecule has 1 saturated heterocycles. The molecule has 0 aromatic carbocycles. The zero-order valence-electron chi connectivity index (χ0n) is 14.0.